The second kappa shape index (κ2) is 5.49. The van der Waals surface area contributed by atoms with Gasteiger partial charge in [0.05, 0.1) is 7.11 Å². The molecule has 0 spiro atoms. The summed E-state index contributed by atoms with van der Waals surface area (Å²) in [6.45, 7) is 2.06. The molecule has 0 fully saturated rings. The van der Waals surface area contributed by atoms with Gasteiger partial charge in [-0.3, -0.25) is 0 Å². The van der Waals surface area contributed by atoms with Crippen LogP contribution in [0, 0.1) is 6.92 Å². The van der Waals surface area contributed by atoms with Crippen LogP contribution in [0.15, 0.2) is 16.6 Å². The Morgan fingerprint density at radius 1 is 1.53 bits per heavy atom. The van der Waals surface area contributed by atoms with Crippen molar-refractivity contribution in [3.63, 3.8) is 0 Å². The molecule has 0 aliphatic heterocycles. The zero-order valence-electron chi connectivity index (χ0n) is 8.96. The molecule has 0 radical (unpaired) electrons. The molecule has 3 N–H and O–H groups in total. The van der Waals surface area contributed by atoms with Crippen molar-refractivity contribution in [1.29, 1.82) is 0 Å². The highest BCUT2D eigenvalue weighted by molar-refractivity contribution is 9.10. The van der Waals surface area contributed by atoms with E-state index in [4.69, 9.17) is 15.6 Å². The fraction of sp³-hybridized carbons (Fsp3) is 0.455. The fourth-order valence-electron chi connectivity index (χ4n) is 1.60. The summed E-state index contributed by atoms with van der Waals surface area (Å²) in [5, 5.41) is 8.89. The lowest BCUT2D eigenvalue weighted by atomic mass is 9.98. The first-order chi connectivity index (χ1) is 7.11. The number of nitrogens with two attached hydrogens (primary N) is 1. The van der Waals surface area contributed by atoms with Gasteiger partial charge in [-0.1, -0.05) is 15.9 Å². The minimum atomic E-state index is -0.192. The van der Waals surface area contributed by atoms with E-state index in [1.165, 1.54) is 0 Å². The van der Waals surface area contributed by atoms with E-state index >= 15 is 0 Å². The number of rotatable bonds is 4. The quantitative estimate of drug-likeness (QED) is 0.884. The first-order valence-corrected chi connectivity index (χ1v) is 5.60. The molecule has 0 aliphatic rings. The number of aliphatic hydroxyl groups excluding tert-OH is 1. The van der Waals surface area contributed by atoms with Crippen LogP contribution >= 0.6 is 15.9 Å². The Balaban J connectivity index is 3.17. The van der Waals surface area contributed by atoms with E-state index in [2.05, 4.69) is 15.9 Å². The molecule has 0 aliphatic carbocycles. The maximum atomic E-state index is 8.89. The van der Waals surface area contributed by atoms with Gasteiger partial charge >= 0.3 is 0 Å². The van der Waals surface area contributed by atoms with E-state index in [9.17, 15) is 0 Å². The standard InChI is InChI=1S/C11H16BrNO2/c1-7-8(12)3-4-10(15-2)11(7)9(13)5-6-14/h3-4,9,14H,5-6,13H2,1-2H3. The van der Waals surface area contributed by atoms with E-state index < -0.39 is 0 Å². The number of aliphatic hydroxyl groups is 1. The maximum absolute atomic E-state index is 8.89. The molecule has 0 saturated carbocycles. The van der Waals surface area contributed by atoms with Crippen LogP contribution in [0.2, 0.25) is 0 Å². The van der Waals surface area contributed by atoms with Crippen molar-refractivity contribution in [3.8, 4) is 5.75 Å². The molecular weight excluding hydrogens is 258 g/mol. The molecule has 84 valence electrons. The Morgan fingerprint density at radius 3 is 2.73 bits per heavy atom. The average molecular weight is 274 g/mol. The molecule has 1 unspecified atom stereocenters. The first-order valence-electron chi connectivity index (χ1n) is 4.81. The molecule has 0 amide bonds. The van der Waals surface area contributed by atoms with Crippen LogP contribution in [0.25, 0.3) is 0 Å². The number of hydrogen-bond acceptors (Lipinski definition) is 3. The molecule has 0 aromatic heterocycles. The van der Waals surface area contributed by atoms with Gasteiger partial charge in [0.1, 0.15) is 5.75 Å². The van der Waals surface area contributed by atoms with Crippen LogP contribution in [0.3, 0.4) is 0 Å². The summed E-state index contributed by atoms with van der Waals surface area (Å²) in [5.41, 5.74) is 8.02. The minimum Gasteiger partial charge on any atom is -0.496 e. The predicted molar refractivity (Wildman–Crippen MR) is 64.1 cm³/mol. The van der Waals surface area contributed by atoms with Crippen molar-refractivity contribution in [2.45, 2.75) is 19.4 Å². The molecule has 0 saturated heterocycles. The van der Waals surface area contributed by atoms with Gasteiger partial charge in [0.2, 0.25) is 0 Å². The van der Waals surface area contributed by atoms with Gasteiger partial charge in [0, 0.05) is 22.7 Å². The lowest BCUT2D eigenvalue weighted by Crippen LogP contribution is -2.14. The molecule has 1 aromatic rings. The summed E-state index contributed by atoms with van der Waals surface area (Å²) in [6.07, 6.45) is 0.535. The third-order valence-electron chi connectivity index (χ3n) is 2.44. The summed E-state index contributed by atoms with van der Waals surface area (Å²) >= 11 is 3.46. The second-order valence-electron chi connectivity index (χ2n) is 3.41. The Morgan fingerprint density at radius 2 is 2.20 bits per heavy atom. The van der Waals surface area contributed by atoms with Crippen molar-refractivity contribution in [2.75, 3.05) is 13.7 Å². The van der Waals surface area contributed by atoms with Crippen molar-refractivity contribution in [1.82, 2.24) is 0 Å². The molecule has 0 bridgehead atoms. The van der Waals surface area contributed by atoms with Crippen LogP contribution in [-0.2, 0) is 0 Å². The smallest absolute Gasteiger partial charge is 0.123 e. The van der Waals surface area contributed by atoms with E-state index in [1.807, 2.05) is 19.1 Å². The van der Waals surface area contributed by atoms with E-state index in [1.54, 1.807) is 7.11 Å². The Hall–Kier alpha value is -0.580. The van der Waals surface area contributed by atoms with Crippen LogP contribution in [0.4, 0.5) is 0 Å². The molecule has 0 heterocycles. The van der Waals surface area contributed by atoms with Crippen molar-refractivity contribution < 1.29 is 9.84 Å². The van der Waals surface area contributed by atoms with Gasteiger partial charge in [-0.15, -0.1) is 0 Å². The zero-order chi connectivity index (χ0) is 11.4. The minimum absolute atomic E-state index is 0.0796. The van der Waals surface area contributed by atoms with Crippen molar-refractivity contribution in [2.24, 2.45) is 5.73 Å². The number of halogens is 1. The van der Waals surface area contributed by atoms with E-state index in [-0.39, 0.29) is 12.6 Å². The summed E-state index contributed by atoms with van der Waals surface area (Å²) in [5.74, 6) is 0.775. The number of ether oxygens (including phenoxy) is 1. The van der Waals surface area contributed by atoms with Gasteiger partial charge in [0.25, 0.3) is 0 Å². The lowest BCUT2D eigenvalue weighted by Gasteiger charge is -2.18. The average Bonchev–Trinajstić information content (AvgIpc) is 2.22. The molecule has 3 nitrogen and oxygen atoms in total. The highest BCUT2D eigenvalue weighted by Crippen LogP contribution is 2.33. The second-order valence-corrected chi connectivity index (χ2v) is 4.26. The van der Waals surface area contributed by atoms with Gasteiger partial charge in [-0.2, -0.15) is 0 Å². The molecule has 1 atom stereocenters. The Kier molecular flexibility index (Phi) is 4.57. The third kappa shape index (κ3) is 2.71. The molecule has 1 rings (SSSR count). The fourth-order valence-corrected chi connectivity index (χ4v) is 1.95. The predicted octanol–water partition coefficient (Wildman–Crippen LogP) is 2.15. The third-order valence-corrected chi connectivity index (χ3v) is 3.30. The van der Waals surface area contributed by atoms with Gasteiger partial charge < -0.3 is 15.6 Å². The summed E-state index contributed by atoms with van der Waals surface area (Å²) in [6, 6.07) is 3.62. The highest BCUT2D eigenvalue weighted by Gasteiger charge is 2.15. The van der Waals surface area contributed by atoms with E-state index in [0.717, 1.165) is 21.3 Å². The summed E-state index contributed by atoms with van der Waals surface area (Å²) < 4.78 is 6.27. The molecule has 4 heteroatoms. The summed E-state index contributed by atoms with van der Waals surface area (Å²) in [4.78, 5) is 0. The Labute approximate surface area is 98.4 Å². The van der Waals surface area contributed by atoms with Crippen molar-refractivity contribution in [3.05, 3.63) is 27.7 Å². The summed E-state index contributed by atoms with van der Waals surface area (Å²) in [7, 11) is 1.62. The zero-order valence-corrected chi connectivity index (χ0v) is 10.5. The lowest BCUT2D eigenvalue weighted by molar-refractivity contribution is 0.275. The number of methoxy groups -OCH3 is 1. The molecular formula is C11H16BrNO2. The topological polar surface area (TPSA) is 55.5 Å². The number of benzene rings is 1. The SMILES string of the molecule is COc1ccc(Br)c(C)c1C(N)CCO. The maximum Gasteiger partial charge on any atom is 0.123 e. The monoisotopic (exact) mass is 273 g/mol. The van der Waals surface area contributed by atoms with Gasteiger partial charge in [0.15, 0.2) is 0 Å². The Bertz CT molecular complexity index is 342. The van der Waals surface area contributed by atoms with Gasteiger partial charge in [-0.05, 0) is 31.0 Å². The van der Waals surface area contributed by atoms with Crippen LogP contribution < -0.4 is 10.5 Å². The molecule has 1 aromatic carbocycles. The van der Waals surface area contributed by atoms with E-state index in [0.29, 0.717) is 6.42 Å². The molecule has 15 heavy (non-hydrogen) atoms. The van der Waals surface area contributed by atoms with Crippen molar-refractivity contribution >= 4 is 15.9 Å². The van der Waals surface area contributed by atoms with Crippen LogP contribution in [0.1, 0.15) is 23.6 Å². The largest absolute Gasteiger partial charge is 0.496 e. The normalized spacial score (nSPS) is 12.6. The first kappa shape index (κ1) is 12.5. The van der Waals surface area contributed by atoms with Crippen LogP contribution in [0.5, 0.6) is 5.75 Å². The van der Waals surface area contributed by atoms with Gasteiger partial charge in [-0.25, -0.2) is 0 Å². The number of hydrogen-bond donors (Lipinski definition) is 2. The van der Waals surface area contributed by atoms with Crippen LogP contribution in [-0.4, -0.2) is 18.8 Å². The highest BCUT2D eigenvalue weighted by atomic mass is 79.9.